The van der Waals surface area contributed by atoms with Crippen LogP contribution in [-0.2, 0) is 10.0 Å². The second kappa shape index (κ2) is 12.0. The molecular weight excluding hydrogens is 541 g/mol. The van der Waals surface area contributed by atoms with Crippen molar-refractivity contribution in [3.8, 4) is 17.2 Å². The highest BCUT2D eigenvalue weighted by Crippen LogP contribution is 2.28. The third kappa shape index (κ3) is 7.07. The minimum Gasteiger partial charge on any atom is -0.490 e. The van der Waals surface area contributed by atoms with E-state index < -0.39 is 22.1 Å². The zero-order valence-electron chi connectivity index (χ0n) is 19.7. The van der Waals surface area contributed by atoms with Crippen LogP contribution in [0.4, 0.5) is 0 Å². The molecule has 0 aliphatic carbocycles. The summed E-state index contributed by atoms with van der Waals surface area (Å²) < 4.78 is 44.7. The summed E-state index contributed by atoms with van der Waals surface area (Å²) in [6.07, 6.45) is 0.791. The van der Waals surface area contributed by atoms with Gasteiger partial charge in [0.15, 0.2) is 0 Å². The molecule has 1 fully saturated rings. The fraction of sp³-hybridized carbons (Fsp3) is 0.269. The van der Waals surface area contributed by atoms with Crippen LogP contribution in [0, 0.1) is 0 Å². The van der Waals surface area contributed by atoms with Gasteiger partial charge < -0.3 is 19.3 Å². The van der Waals surface area contributed by atoms with Crippen molar-refractivity contribution in [2.45, 2.75) is 23.8 Å². The number of benzene rings is 3. The molecule has 1 N–H and O–H groups in total. The number of hydrogen-bond donors (Lipinski definition) is 1. The maximum absolute atomic E-state index is 13.1. The Morgan fingerprint density at radius 2 is 1.68 bits per heavy atom. The number of rotatable bonds is 10. The second-order valence-corrected chi connectivity index (χ2v) is 11.1. The van der Waals surface area contributed by atoms with Crippen LogP contribution in [-0.4, -0.2) is 56.2 Å². The van der Waals surface area contributed by atoms with E-state index in [0.717, 1.165) is 0 Å². The monoisotopic (exact) mass is 565 g/mol. The van der Waals surface area contributed by atoms with E-state index in [-0.39, 0.29) is 36.0 Å². The Bertz CT molecular complexity index is 1350. The van der Waals surface area contributed by atoms with Crippen LogP contribution in [0.25, 0.3) is 0 Å². The Labute approximate surface area is 225 Å². The highest BCUT2D eigenvalue weighted by Gasteiger charge is 2.31. The summed E-state index contributed by atoms with van der Waals surface area (Å²) in [6.45, 7) is 0.831. The molecule has 1 aliphatic heterocycles. The fourth-order valence-corrected chi connectivity index (χ4v) is 5.84. The van der Waals surface area contributed by atoms with E-state index in [2.05, 4.69) is 0 Å². The molecule has 0 saturated carbocycles. The summed E-state index contributed by atoms with van der Waals surface area (Å²) in [5, 5.41) is 10.6. The number of nitrogens with zero attached hydrogens (tertiary/aromatic N) is 1. The molecule has 1 saturated heterocycles. The van der Waals surface area contributed by atoms with E-state index in [4.69, 9.17) is 37.4 Å². The lowest BCUT2D eigenvalue weighted by molar-refractivity contribution is 0.0689. The van der Waals surface area contributed by atoms with Gasteiger partial charge in [-0.1, -0.05) is 29.3 Å². The van der Waals surface area contributed by atoms with Crippen LogP contribution in [0.3, 0.4) is 0 Å². The van der Waals surface area contributed by atoms with E-state index >= 15 is 0 Å². The molecule has 196 valence electrons. The molecule has 0 amide bonds. The Kier molecular flexibility index (Phi) is 8.81. The highest BCUT2D eigenvalue weighted by atomic mass is 35.5. The predicted octanol–water partition coefficient (Wildman–Crippen LogP) is 5.38. The minimum atomic E-state index is -3.74. The smallest absolute Gasteiger partial charge is 0.339 e. The first-order valence-electron chi connectivity index (χ1n) is 11.5. The van der Waals surface area contributed by atoms with Crippen molar-refractivity contribution in [3.05, 3.63) is 82.3 Å². The molecule has 0 radical (unpaired) electrons. The molecule has 4 rings (SSSR count). The van der Waals surface area contributed by atoms with Gasteiger partial charge in [-0.3, -0.25) is 0 Å². The molecule has 0 unspecified atom stereocenters. The molecule has 0 bridgehead atoms. The largest absolute Gasteiger partial charge is 0.490 e. The molecule has 0 aromatic heterocycles. The van der Waals surface area contributed by atoms with Gasteiger partial charge in [-0.05, 0) is 73.5 Å². The quantitative estimate of drug-likeness (QED) is 0.329. The number of ether oxygens (including phenoxy) is 3. The first-order valence-corrected chi connectivity index (χ1v) is 13.7. The molecule has 8 nitrogen and oxygen atoms in total. The summed E-state index contributed by atoms with van der Waals surface area (Å²) in [6, 6.07) is 17.5. The average Bonchev–Trinajstić information content (AvgIpc) is 2.88. The van der Waals surface area contributed by atoms with Crippen LogP contribution < -0.4 is 14.2 Å². The fourth-order valence-electron chi connectivity index (χ4n) is 3.91. The van der Waals surface area contributed by atoms with Gasteiger partial charge >= 0.3 is 5.97 Å². The van der Waals surface area contributed by atoms with Crippen molar-refractivity contribution < 1.29 is 32.5 Å². The minimum absolute atomic E-state index is 0.0665. The average molecular weight is 566 g/mol. The number of hydrogen-bond acceptors (Lipinski definition) is 6. The molecule has 37 heavy (non-hydrogen) atoms. The zero-order chi connectivity index (χ0) is 26.4. The third-order valence-electron chi connectivity index (χ3n) is 5.68. The van der Waals surface area contributed by atoms with Gasteiger partial charge in [0.25, 0.3) is 0 Å². The lowest BCUT2D eigenvalue weighted by Crippen LogP contribution is -2.44. The van der Waals surface area contributed by atoms with Crippen molar-refractivity contribution in [3.63, 3.8) is 0 Å². The Morgan fingerprint density at radius 1 is 0.946 bits per heavy atom. The van der Waals surface area contributed by atoms with Gasteiger partial charge in [0.2, 0.25) is 10.0 Å². The summed E-state index contributed by atoms with van der Waals surface area (Å²) in [4.78, 5) is 12.0. The standard InChI is InChI=1S/C26H25Cl2NO7S/c27-18-6-8-20(9-7-18)34-13-14-35-25-11-10-21(16-24(25)26(30)31)36-22-4-2-12-29(17-22)37(32,33)23-5-1-3-19(28)15-23/h1,3,5-11,15-16,22H,2,4,12-14,17H2,(H,30,31)/t22-/m1/s1. The Hall–Kier alpha value is -2.98. The van der Waals surface area contributed by atoms with Gasteiger partial charge in [-0.15, -0.1) is 0 Å². The highest BCUT2D eigenvalue weighted by molar-refractivity contribution is 7.89. The number of carboxylic acids is 1. The van der Waals surface area contributed by atoms with Crippen LogP contribution in [0.2, 0.25) is 10.0 Å². The molecule has 3 aromatic rings. The molecule has 1 heterocycles. The van der Waals surface area contributed by atoms with E-state index in [1.807, 2.05) is 0 Å². The van der Waals surface area contributed by atoms with E-state index in [9.17, 15) is 18.3 Å². The van der Waals surface area contributed by atoms with Crippen molar-refractivity contribution in [1.82, 2.24) is 4.31 Å². The molecular formula is C26H25Cl2NO7S. The summed E-state index contributed by atoms with van der Waals surface area (Å²) >= 11 is 11.8. The van der Waals surface area contributed by atoms with Crippen LogP contribution in [0.15, 0.2) is 71.6 Å². The number of aromatic carboxylic acids is 1. The summed E-state index contributed by atoms with van der Waals surface area (Å²) in [5.41, 5.74) is -0.0665. The molecule has 11 heteroatoms. The normalized spacial score (nSPS) is 16.2. The number of sulfonamides is 1. The van der Waals surface area contributed by atoms with E-state index in [0.29, 0.717) is 40.9 Å². The van der Waals surface area contributed by atoms with Gasteiger partial charge in [0, 0.05) is 16.6 Å². The van der Waals surface area contributed by atoms with Crippen LogP contribution in [0.1, 0.15) is 23.2 Å². The Morgan fingerprint density at radius 3 is 2.41 bits per heavy atom. The first-order chi connectivity index (χ1) is 17.7. The SMILES string of the molecule is O=C(O)c1cc(O[C@@H]2CCCN(S(=O)(=O)c3cccc(Cl)c3)C2)ccc1OCCOc1ccc(Cl)cc1. The second-order valence-electron chi connectivity index (χ2n) is 8.32. The molecule has 1 aliphatic rings. The zero-order valence-corrected chi connectivity index (χ0v) is 22.0. The summed E-state index contributed by atoms with van der Waals surface area (Å²) in [5.74, 6) is -0.0653. The van der Waals surface area contributed by atoms with Gasteiger partial charge in [0.05, 0.1) is 11.4 Å². The Balaban J connectivity index is 1.38. The van der Waals surface area contributed by atoms with Gasteiger partial charge in [-0.2, -0.15) is 4.31 Å². The van der Waals surface area contributed by atoms with Crippen molar-refractivity contribution in [1.29, 1.82) is 0 Å². The summed E-state index contributed by atoms with van der Waals surface area (Å²) in [7, 11) is -3.74. The van der Waals surface area contributed by atoms with E-state index in [1.165, 1.54) is 28.6 Å². The lowest BCUT2D eigenvalue weighted by Gasteiger charge is -2.32. The maximum Gasteiger partial charge on any atom is 0.339 e. The van der Waals surface area contributed by atoms with Crippen LogP contribution >= 0.6 is 23.2 Å². The first kappa shape index (κ1) is 27.1. The molecule has 3 aromatic carbocycles. The number of carboxylic acid groups (broad SMARTS) is 1. The number of piperidine rings is 1. The topological polar surface area (TPSA) is 102 Å². The maximum atomic E-state index is 13.1. The molecule has 0 spiro atoms. The lowest BCUT2D eigenvalue weighted by atomic mass is 10.1. The van der Waals surface area contributed by atoms with Crippen LogP contribution in [0.5, 0.6) is 17.2 Å². The van der Waals surface area contributed by atoms with Crippen molar-refractivity contribution in [2.75, 3.05) is 26.3 Å². The number of carbonyl (C=O) groups is 1. The van der Waals surface area contributed by atoms with Crippen molar-refractivity contribution >= 4 is 39.2 Å². The predicted molar refractivity (Wildman–Crippen MR) is 140 cm³/mol. The van der Waals surface area contributed by atoms with E-state index in [1.54, 1.807) is 42.5 Å². The molecule has 1 atom stereocenters. The number of halogens is 2. The third-order valence-corrected chi connectivity index (χ3v) is 8.03. The van der Waals surface area contributed by atoms with Gasteiger partial charge in [-0.25, -0.2) is 13.2 Å². The van der Waals surface area contributed by atoms with Crippen molar-refractivity contribution in [2.24, 2.45) is 0 Å². The van der Waals surface area contributed by atoms with Gasteiger partial charge in [0.1, 0.15) is 42.1 Å².